The third-order valence-electron chi connectivity index (χ3n) is 3.33. The van der Waals surface area contributed by atoms with E-state index in [0.717, 1.165) is 27.1 Å². The molecule has 0 unspecified atom stereocenters. The highest BCUT2D eigenvalue weighted by Gasteiger charge is 2.04. The Morgan fingerprint density at radius 2 is 1.74 bits per heavy atom. The van der Waals surface area contributed by atoms with Gasteiger partial charge < -0.3 is 14.2 Å². The largest absolute Gasteiger partial charge is 0.490 e. The maximum Gasteiger partial charge on any atom is 0.309 e. The molecule has 0 saturated carbocycles. The fraction of sp³-hybridized carbons (Fsp3) is 0.278. The lowest BCUT2D eigenvalue weighted by atomic mass is 10.1. The second-order valence-electron chi connectivity index (χ2n) is 4.96. The van der Waals surface area contributed by atoms with E-state index in [2.05, 4.69) is 20.7 Å². The second kappa shape index (κ2) is 8.58. The third kappa shape index (κ3) is 5.28. The van der Waals surface area contributed by atoms with Crippen LogP contribution in [0.3, 0.4) is 0 Å². The molecule has 122 valence electrons. The van der Waals surface area contributed by atoms with Crippen molar-refractivity contribution in [2.45, 2.75) is 13.3 Å². The molecule has 0 bridgehead atoms. The summed E-state index contributed by atoms with van der Waals surface area (Å²) >= 11 is 3.48. The summed E-state index contributed by atoms with van der Waals surface area (Å²) < 4.78 is 17.0. The molecule has 0 heterocycles. The summed E-state index contributed by atoms with van der Waals surface area (Å²) in [7, 11) is 1.38. The van der Waals surface area contributed by atoms with Crippen molar-refractivity contribution < 1.29 is 19.0 Å². The number of hydrogen-bond donors (Lipinski definition) is 0. The van der Waals surface area contributed by atoms with Gasteiger partial charge in [0.1, 0.15) is 24.7 Å². The molecule has 5 heteroatoms. The average molecular weight is 379 g/mol. The summed E-state index contributed by atoms with van der Waals surface area (Å²) in [6.07, 6.45) is 0.266. The Labute approximate surface area is 144 Å². The minimum absolute atomic E-state index is 0.253. The van der Waals surface area contributed by atoms with Gasteiger partial charge in [-0.2, -0.15) is 0 Å². The number of rotatable bonds is 7. The number of carbonyl (C=O) groups excluding carboxylic acids is 1. The van der Waals surface area contributed by atoms with E-state index < -0.39 is 0 Å². The molecule has 23 heavy (non-hydrogen) atoms. The number of carbonyl (C=O) groups is 1. The SMILES string of the molecule is COC(=O)Cc1ccc(OCCOc2cccc(Br)c2C)cc1. The number of hydrogen-bond acceptors (Lipinski definition) is 4. The summed E-state index contributed by atoms with van der Waals surface area (Å²) in [5, 5.41) is 0. The van der Waals surface area contributed by atoms with Crippen LogP contribution in [-0.2, 0) is 16.0 Å². The van der Waals surface area contributed by atoms with Gasteiger partial charge in [0.25, 0.3) is 0 Å². The number of methoxy groups -OCH3 is 1. The van der Waals surface area contributed by atoms with Gasteiger partial charge >= 0.3 is 5.97 Å². The minimum atomic E-state index is -0.253. The van der Waals surface area contributed by atoms with E-state index in [1.807, 2.05) is 49.4 Å². The van der Waals surface area contributed by atoms with Gasteiger partial charge in [0.2, 0.25) is 0 Å². The maximum atomic E-state index is 11.2. The van der Waals surface area contributed by atoms with Gasteiger partial charge in [-0.3, -0.25) is 4.79 Å². The lowest BCUT2D eigenvalue weighted by molar-refractivity contribution is -0.139. The van der Waals surface area contributed by atoms with Crippen LogP contribution >= 0.6 is 15.9 Å². The zero-order chi connectivity index (χ0) is 16.7. The van der Waals surface area contributed by atoms with Crippen molar-refractivity contribution in [1.82, 2.24) is 0 Å². The molecule has 0 atom stereocenters. The summed E-state index contributed by atoms with van der Waals surface area (Å²) in [6, 6.07) is 13.2. The van der Waals surface area contributed by atoms with Crippen LogP contribution in [-0.4, -0.2) is 26.3 Å². The molecule has 2 aromatic carbocycles. The van der Waals surface area contributed by atoms with Crippen molar-refractivity contribution >= 4 is 21.9 Å². The highest BCUT2D eigenvalue weighted by Crippen LogP contribution is 2.25. The van der Waals surface area contributed by atoms with Crippen molar-refractivity contribution in [1.29, 1.82) is 0 Å². The van der Waals surface area contributed by atoms with Crippen LogP contribution < -0.4 is 9.47 Å². The first-order chi connectivity index (χ1) is 11.1. The monoisotopic (exact) mass is 378 g/mol. The van der Waals surface area contributed by atoms with Gasteiger partial charge in [-0.15, -0.1) is 0 Å². The number of benzene rings is 2. The zero-order valence-corrected chi connectivity index (χ0v) is 14.8. The molecule has 0 amide bonds. The van der Waals surface area contributed by atoms with E-state index in [1.165, 1.54) is 7.11 Å². The van der Waals surface area contributed by atoms with Crippen LogP contribution in [0.1, 0.15) is 11.1 Å². The van der Waals surface area contributed by atoms with Crippen LogP contribution in [0.2, 0.25) is 0 Å². The molecule has 2 aromatic rings. The quantitative estimate of drug-likeness (QED) is 0.540. The topological polar surface area (TPSA) is 44.8 Å². The fourth-order valence-corrected chi connectivity index (χ4v) is 2.35. The van der Waals surface area contributed by atoms with E-state index in [-0.39, 0.29) is 12.4 Å². The van der Waals surface area contributed by atoms with Crippen LogP contribution in [0.15, 0.2) is 46.9 Å². The van der Waals surface area contributed by atoms with E-state index in [4.69, 9.17) is 9.47 Å². The first-order valence-electron chi connectivity index (χ1n) is 7.26. The van der Waals surface area contributed by atoms with E-state index in [0.29, 0.717) is 13.2 Å². The van der Waals surface area contributed by atoms with Gasteiger partial charge in [-0.25, -0.2) is 0 Å². The normalized spacial score (nSPS) is 10.2. The molecule has 0 aromatic heterocycles. The van der Waals surface area contributed by atoms with E-state index >= 15 is 0 Å². The second-order valence-corrected chi connectivity index (χ2v) is 5.81. The maximum absolute atomic E-state index is 11.2. The summed E-state index contributed by atoms with van der Waals surface area (Å²) in [6.45, 7) is 2.91. The van der Waals surface area contributed by atoms with Crippen molar-refractivity contribution in [3.05, 3.63) is 58.1 Å². The van der Waals surface area contributed by atoms with Gasteiger partial charge in [0.15, 0.2) is 0 Å². The van der Waals surface area contributed by atoms with E-state index in [1.54, 1.807) is 0 Å². The van der Waals surface area contributed by atoms with Crippen LogP contribution in [0, 0.1) is 6.92 Å². The Hall–Kier alpha value is -2.01. The molecule has 0 aliphatic heterocycles. The Balaban J connectivity index is 1.78. The molecule has 0 fully saturated rings. The van der Waals surface area contributed by atoms with Gasteiger partial charge in [-0.1, -0.05) is 34.1 Å². The van der Waals surface area contributed by atoms with Crippen molar-refractivity contribution in [3.63, 3.8) is 0 Å². The Kier molecular flexibility index (Phi) is 6.47. The molecule has 0 N–H and O–H groups in total. The van der Waals surface area contributed by atoms with Gasteiger partial charge in [0, 0.05) is 10.0 Å². The fourth-order valence-electron chi connectivity index (χ4n) is 2.00. The highest BCUT2D eigenvalue weighted by molar-refractivity contribution is 9.10. The molecule has 0 aliphatic carbocycles. The zero-order valence-electron chi connectivity index (χ0n) is 13.2. The number of ether oxygens (including phenoxy) is 3. The molecule has 4 nitrogen and oxygen atoms in total. The Bertz CT molecular complexity index is 653. The van der Waals surface area contributed by atoms with Crippen LogP contribution in [0.4, 0.5) is 0 Å². The Morgan fingerprint density at radius 3 is 2.43 bits per heavy atom. The first-order valence-corrected chi connectivity index (χ1v) is 8.06. The summed E-state index contributed by atoms with van der Waals surface area (Å²) in [5.41, 5.74) is 1.96. The average Bonchev–Trinajstić information content (AvgIpc) is 2.56. The van der Waals surface area contributed by atoms with Crippen molar-refractivity contribution in [2.24, 2.45) is 0 Å². The van der Waals surface area contributed by atoms with Crippen molar-refractivity contribution in [2.75, 3.05) is 20.3 Å². The standard InChI is InChI=1S/C18H19BrO4/c1-13-16(19)4-3-5-17(13)23-11-10-22-15-8-6-14(7-9-15)12-18(20)21-2/h3-9H,10-12H2,1-2H3. The van der Waals surface area contributed by atoms with Crippen LogP contribution in [0.5, 0.6) is 11.5 Å². The lowest BCUT2D eigenvalue weighted by Gasteiger charge is -2.11. The lowest BCUT2D eigenvalue weighted by Crippen LogP contribution is -2.10. The smallest absolute Gasteiger partial charge is 0.309 e. The first kappa shape index (κ1) is 17.3. The molecule has 0 spiro atoms. The summed E-state index contributed by atoms with van der Waals surface area (Å²) in [4.78, 5) is 11.2. The van der Waals surface area contributed by atoms with Gasteiger partial charge in [-0.05, 0) is 36.8 Å². The minimum Gasteiger partial charge on any atom is -0.490 e. The molecule has 0 aliphatic rings. The molecular weight excluding hydrogens is 360 g/mol. The number of halogens is 1. The number of esters is 1. The predicted molar refractivity (Wildman–Crippen MR) is 92.0 cm³/mol. The molecule has 2 rings (SSSR count). The molecule has 0 radical (unpaired) electrons. The molecule has 0 saturated heterocycles. The summed E-state index contributed by atoms with van der Waals surface area (Å²) in [5.74, 6) is 1.33. The molecular formula is C18H19BrO4. The van der Waals surface area contributed by atoms with E-state index in [9.17, 15) is 4.79 Å². The van der Waals surface area contributed by atoms with Gasteiger partial charge in [0.05, 0.1) is 13.5 Å². The van der Waals surface area contributed by atoms with Crippen molar-refractivity contribution in [3.8, 4) is 11.5 Å². The predicted octanol–water partition coefficient (Wildman–Crippen LogP) is 3.93. The Morgan fingerprint density at radius 1 is 1.04 bits per heavy atom. The third-order valence-corrected chi connectivity index (χ3v) is 4.19. The van der Waals surface area contributed by atoms with Crippen LogP contribution in [0.25, 0.3) is 0 Å². The highest BCUT2D eigenvalue weighted by atomic mass is 79.9.